The molecule has 0 spiro atoms. The summed E-state index contributed by atoms with van der Waals surface area (Å²) in [5.74, 6) is 0.444. The van der Waals surface area contributed by atoms with Gasteiger partial charge in [0.25, 0.3) is 5.91 Å². The SMILES string of the molecule is CC1CN(C(=O)c2cccnc2)Cc2ccccc21. The predicted molar refractivity (Wildman–Crippen MR) is 73.8 cm³/mol. The Hall–Kier alpha value is -2.16. The van der Waals surface area contributed by atoms with E-state index in [9.17, 15) is 4.79 Å². The molecule has 1 unspecified atom stereocenters. The highest BCUT2D eigenvalue weighted by Crippen LogP contribution is 2.28. The molecule has 19 heavy (non-hydrogen) atoms. The van der Waals surface area contributed by atoms with Gasteiger partial charge in [-0.15, -0.1) is 0 Å². The third-order valence-corrected chi connectivity index (χ3v) is 3.64. The Morgan fingerprint density at radius 2 is 2.11 bits per heavy atom. The van der Waals surface area contributed by atoms with Crippen LogP contribution in [0.2, 0.25) is 0 Å². The van der Waals surface area contributed by atoms with Crippen LogP contribution in [0.25, 0.3) is 0 Å². The van der Waals surface area contributed by atoms with Crippen molar-refractivity contribution in [3.8, 4) is 0 Å². The number of carbonyl (C=O) groups is 1. The molecule has 2 aromatic rings. The molecule has 0 saturated carbocycles. The number of nitrogens with zero attached hydrogens (tertiary/aromatic N) is 2. The molecule has 1 aliphatic heterocycles. The van der Waals surface area contributed by atoms with Gasteiger partial charge in [-0.25, -0.2) is 0 Å². The molecular weight excluding hydrogens is 236 g/mol. The van der Waals surface area contributed by atoms with Crippen LogP contribution in [0.15, 0.2) is 48.8 Å². The van der Waals surface area contributed by atoms with Crippen LogP contribution in [-0.2, 0) is 6.54 Å². The van der Waals surface area contributed by atoms with Gasteiger partial charge >= 0.3 is 0 Å². The first-order chi connectivity index (χ1) is 9.25. The van der Waals surface area contributed by atoms with Gasteiger partial charge in [0.2, 0.25) is 0 Å². The lowest BCUT2D eigenvalue weighted by atomic mass is 9.91. The number of benzene rings is 1. The molecule has 0 N–H and O–H groups in total. The van der Waals surface area contributed by atoms with Crippen LogP contribution in [0.5, 0.6) is 0 Å². The van der Waals surface area contributed by atoms with E-state index in [-0.39, 0.29) is 5.91 Å². The second kappa shape index (κ2) is 4.84. The summed E-state index contributed by atoms with van der Waals surface area (Å²) in [7, 11) is 0. The van der Waals surface area contributed by atoms with E-state index in [0.717, 1.165) is 6.54 Å². The van der Waals surface area contributed by atoms with Crippen LogP contribution >= 0.6 is 0 Å². The van der Waals surface area contributed by atoms with Gasteiger partial charge in [-0.2, -0.15) is 0 Å². The van der Waals surface area contributed by atoms with Crippen LogP contribution in [0.3, 0.4) is 0 Å². The molecule has 3 nitrogen and oxygen atoms in total. The molecule has 1 aliphatic rings. The normalized spacial score (nSPS) is 17.9. The van der Waals surface area contributed by atoms with Crippen LogP contribution in [-0.4, -0.2) is 22.3 Å². The van der Waals surface area contributed by atoms with Crippen LogP contribution < -0.4 is 0 Å². The highest BCUT2D eigenvalue weighted by Gasteiger charge is 2.25. The molecule has 1 aromatic carbocycles. The number of carbonyl (C=O) groups excluding carboxylic acids is 1. The van der Waals surface area contributed by atoms with Gasteiger partial charge in [-0.1, -0.05) is 31.2 Å². The van der Waals surface area contributed by atoms with E-state index in [4.69, 9.17) is 0 Å². The molecule has 1 aromatic heterocycles. The highest BCUT2D eigenvalue weighted by molar-refractivity contribution is 5.94. The third-order valence-electron chi connectivity index (χ3n) is 3.64. The summed E-state index contributed by atoms with van der Waals surface area (Å²) in [6, 6.07) is 12.0. The molecule has 0 aliphatic carbocycles. The third kappa shape index (κ3) is 2.24. The molecule has 3 heteroatoms. The number of aromatic nitrogens is 1. The first-order valence-corrected chi connectivity index (χ1v) is 6.53. The fourth-order valence-electron chi connectivity index (χ4n) is 2.68. The fourth-order valence-corrected chi connectivity index (χ4v) is 2.68. The molecule has 0 fully saturated rings. The fraction of sp³-hybridized carbons (Fsp3) is 0.250. The summed E-state index contributed by atoms with van der Waals surface area (Å²) in [6.45, 7) is 3.63. The maximum absolute atomic E-state index is 12.4. The molecule has 0 bridgehead atoms. The van der Waals surface area contributed by atoms with Crippen molar-refractivity contribution in [1.29, 1.82) is 0 Å². The predicted octanol–water partition coefficient (Wildman–Crippen LogP) is 2.84. The minimum absolute atomic E-state index is 0.0643. The molecule has 96 valence electrons. The van der Waals surface area contributed by atoms with Gasteiger partial charge < -0.3 is 4.90 Å². The summed E-state index contributed by atoms with van der Waals surface area (Å²) in [6.07, 6.45) is 3.32. The Morgan fingerprint density at radius 3 is 2.89 bits per heavy atom. The van der Waals surface area contributed by atoms with Gasteiger partial charge in [0.15, 0.2) is 0 Å². The molecule has 2 heterocycles. The maximum Gasteiger partial charge on any atom is 0.255 e. The van der Waals surface area contributed by atoms with E-state index in [2.05, 4.69) is 30.1 Å². The molecule has 0 radical (unpaired) electrons. The van der Waals surface area contributed by atoms with Crippen molar-refractivity contribution >= 4 is 5.91 Å². The molecule has 1 atom stereocenters. The van der Waals surface area contributed by atoms with Gasteiger partial charge in [-0.05, 0) is 29.2 Å². The molecule has 3 rings (SSSR count). The van der Waals surface area contributed by atoms with Crippen LogP contribution in [0.1, 0.15) is 34.3 Å². The first-order valence-electron chi connectivity index (χ1n) is 6.53. The largest absolute Gasteiger partial charge is 0.334 e. The van der Waals surface area contributed by atoms with E-state index in [1.807, 2.05) is 17.0 Å². The summed E-state index contributed by atoms with van der Waals surface area (Å²) in [4.78, 5) is 18.4. The molecule has 0 saturated heterocycles. The maximum atomic E-state index is 12.4. The Balaban J connectivity index is 1.88. The Kier molecular flexibility index (Phi) is 3.03. The molecule has 1 amide bonds. The topological polar surface area (TPSA) is 33.2 Å². The lowest BCUT2D eigenvalue weighted by Crippen LogP contribution is -2.37. The van der Waals surface area contributed by atoms with Crippen molar-refractivity contribution in [3.05, 3.63) is 65.5 Å². The minimum atomic E-state index is 0.0643. The standard InChI is InChI=1S/C16H16N2O/c1-12-10-18(11-14-5-2-3-7-15(12)14)16(19)13-6-4-8-17-9-13/h2-9,12H,10-11H2,1H3. The van der Waals surface area contributed by atoms with Gasteiger partial charge in [0, 0.05) is 25.5 Å². The number of rotatable bonds is 1. The zero-order chi connectivity index (χ0) is 13.2. The van der Waals surface area contributed by atoms with Crippen LogP contribution in [0, 0.1) is 0 Å². The number of amides is 1. The van der Waals surface area contributed by atoms with Gasteiger partial charge in [0.1, 0.15) is 0 Å². The number of fused-ring (bicyclic) bond motifs is 1. The lowest BCUT2D eigenvalue weighted by molar-refractivity contribution is 0.0720. The molecular formula is C16H16N2O. The summed E-state index contributed by atoms with van der Waals surface area (Å²) in [5, 5.41) is 0. The zero-order valence-electron chi connectivity index (χ0n) is 10.9. The van der Waals surface area contributed by atoms with E-state index in [1.165, 1.54) is 11.1 Å². The highest BCUT2D eigenvalue weighted by atomic mass is 16.2. The van der Waals surface area contributed by atoms with Crippen molar-refractivity contribution in [2.75, 3.05) is 6.54 Å². The monoisotopic (exact) mass is 252 g/mol. The Labute approximate surface area is 112 Å². The van der Waals surface area contributed by atoms with E-state index in [1.54, 1.807) is 18.5 Å². The van der Waals surface area contributed by atoms with Crippen molar-refractivity contribution < 1.29 is 4.79 Å². The summed E-state index contributed by atoms with van der Waals surface area (Å²) in [5.41, 5.74) is 3.27. The van der Waals surface area contributed by atoms with Crippen molar-refractivity contribution in [2.45, 2.75) is 19.4 Å². The van der Waals surface area contributed by atoms with E-state index >= 15 is 0 Å². The van der Waals surface area contributed by atoms with Gasteiger partial charge in [-0.3, -0.25) is 9.78 Å². The average molecular weight is 252 g/mol. The quantitative estimate of drug-likeness (QED) is 0.782. The van der Waals surface area contributed by atoms with E-state index < -0.39 is 0 Å². The zero-order valence-corrected chi connectivity index (χ0v) is 10.9. The van der Waals surface area contributed by atoms with Crippen molar-refractivity contribution in [1.82, 2.24) is 9.88 Å². The smallest absolute Gasteiger partial charge is 0.255 e. The average Bonchev–Trinajstić information content (AvgIpc) is 2.47. The first kappa shape index (κ1) is 11.9. The summed E-state index contributed by atoms with van der Waals surface area (Å²) >= 11 is 0. The number of hydrogen-bond donors (Lipinski definition) is 0. The number of pyridine rings is 1. The van der Waals surface area contributed by atoms with Crippen LogP contribution in [0.4, 0.5) is 0 Å². The van der Waals surface area contributed by atoms with Crippen molar-refractivity contribution in [2.24, 2.45) is 0 Å². The lowest BCUT2D eigenvalue weighted by Gasteiger charge is -2.33. The second-order valence-electron chi connectivity index (χ2n) is 5.03. The Morgan fingerprint density at radius 1 is 1.26 bits per heavy atom. The van der Waals surface area contributed by atoms with Crippen molar-refractivity contribution in [3.63, 3.8) is 0 Å². The second-order valence-corrected chi connectivity index (χ2v) is 5.03. The minimum Gasteiger partial charge on any atom is -0.334 e. The number of hydrogen-bond acceptors (Lipinski definition) is 2. The van der Waals surface area contributed by atoms with E-state index in [0.29, 0.717) is 18.0 Å². The van der Waals surface area contributed by atoms with Gasteiger partial charge in [0.05, 0.1) is 5.56 Å². The summed E-state index contributed by atoms with van der Waals surface area (Å²) < 4.78 is 0. The Bertz CT molecular complexity index is 595.